The average Bonchev–Trinajstić information content (AvgIpc) is 3.26. The van der Waals surface area contributed by atoms with E-state index >= 15 is 0 Å². The van der Waals surface area contributed by atoms with Crippen molar-refractivity contribution in [2.75, 3.05) is 18.0 Å². The minimum Gasteiger partial charge on any atom is -0.438 e. The van der Waals surface area contributed by atoms with Crippen LogP contribution in [0.2, 0.25) is 5.02 Å². The molecule has 9 nitrogen and oxygen atoms in total. The van der Waals surface area contributed by atoms with Gasteiger partial charge in [0.05, 0.1) is 5.52 Å². The van der Waals surface area contributed by atoms with E-state index in [1.165, 1.54) is 6.07 Å². The van der Waals surface area contributed by atoms with Crippen molar-refractivity contribution in [3.8, 4) is 0 Å². The number of nitrogens with zero attached hydrogens (tertiary/aromatic N) is 3. The van der Waals surface area contributed by atoms with Crippen molar-refractivity contribution in [2.45, 2.75) is 31.8 Å². The molecule has 1 saturated heterocycles. The molecule has 2 amide bonds. The van der Waals surface area contributed by atoms with E-state index in [0.29, 0.717) is 10.8 Å². The van der Waals surface area contributed by atoms with Gasteiger partial charge in [-0.2, -0.15) is 0 Å². The quantitative estimate of drug-likeness (QED) is 0.579. The van der Waals surface area contributed by atoms with Crippen molar-refractivity contribution in [1.82, 2.24) is 10.1 Å². The number of carbonyl (C=O) groups excluding carboxylic acids is 2. The van der Waals surface area contributed by atoms with Crippen LogP contribution in [0.25, 0.3) is 10.9 Å². The van der Waals surface area contributed by atoms with E-state index in [0.717, 1.165) is 55.5 Å². The summed E-state index contributed by atoms with van der Waals surface area (Å²) in [7, 11) is 0. The van der Waals surface area contributed by atoms with E-state index in [-0.39, 0.29) is 17.0 Å². The molecule has 2 aliphatic rings. The number of pyridine rings is 1. The Kier molecular flexibility index (Phi) is 5.36. The molecular formula is C23H24ClN5O4. The highest BCUT2D eigenvalue weighted by molar-refractivity contribution is 6.31. The monoisotopic (exact) mass is 469 g/mol. The molecule has 0 bridgehead atoms. The predicted molar refractivity (Wildman–Crippen MR) is 122 cm³/mol. The number of primary amides is 2. The number of ether oxygens (including phenoxy) is 1. The van der Waals surface area contributed by atoms with Crippen LogP contribution in [0.1, 0.15) is 48.0 Å². The van der Waals surface area contributed by atoms with Crippen LogP contribution >= 0.6 is 11.6 Å². The number of benzene rings is 1. The Balaban J connectivity index is 1.24. The first-order valence-electron chi connectivity index (χ1n) is 10.9. The summed E-state index contributed by atoms with van der Waals surface area (Å²) in [5.74, 6) is 0.596. The highest BCUT2D eigenvalue weighted by atomic mass is 35.5. The van der Waals surface area contributed by atoms with Crippen molar-refractivity contribution in [1.29, 1.82) is 0 Å². The summed E-state index contributed by atoms with van der Waals surface area (Å²) in [5.41, 5.74) is 11.6. The van der Waals surface area contributed by atoms with Crippen molar-refractivity contribution in [2.24, 2.45) is 22.8 Å². The van der Waals surface area contributed by atoms with Crippen molar-refractivity contribution >= 4 is 40.3 Å². The minimum absolute atomic E-state index is 0.00410. The molecule has 5 rings (SSSR count). The van der Waals surface area contributed by atoms with Gasteiger partial charge < -0.3 is 25.6 Å². The third-order valence-electron chi connectivity index (χ3n) is 6.91. The summed E-state index contributed by atoms with van der Waals surface area (Å²) in [4.78, 5) is 29.9. The zero-order valence-corrected chi connectivity index (χ0v) is 18.6. The predicted octanol–water partition coefficient (Wildman–Crippen LogP) is 3.81. The summed E-state index contributed by atoms with van der Waals surface area (Å²) in [6.07, 6.45) is 2.19. The second-order valence-corrected chi connectivity index (χ2v) is 9.43. The van der Waals surface area contributed by atoms with Crippen LogP contribution in [0.4, 0.5) is 10.6 Å². The van der Waals surface area contributed by atoms with E-state index in [1.807, 2.05) is 24.3 Å². The zero-order chi connectivity index (χ0) is 23.2. The number of nitrogens with two attached hydrogens (primary N) is 2. The second kappa shape index (κ2) is 8.22. The SMILES string of the molecule is NC(=O)OC(c1cc(C(N)=O)no1)C1CC2(CCN(c3ccc4cc(Cl)ccc4n3)CC2)C1. The molecule has 1 unspecified atom stereocenters. The van der Waals surface area contributed by atoms with Gasteiger partial charge in [0.25, 0.3) is 5.91 Å². The fraction of sp³-hybridized carbons (Fsp3) is 0.391. The maximum absolute atomic E-state index is 11.5. The molecule has 1 spiro atoms. The molecule has 1 aromatic carbocycles. The molecular weight excluding hydrogens is 446 g/mol. The lowest BCUT2D eigenvalue weighted by Gasteiger charge is -2.53. The molecule has 10 heteroatoms. The summed E-state index contributed by atoms with van der Waals surface area (Å²) in [6.45, 7) is 1.79. The van der Waals surface area contributed by atoms with Crippen molar-refractivity contribution < 1.29 is 18.8 Å². The number of hydrogen-bond donors (Lipinski definition) is 2. The van der Waals surface area contributed by atoms with Gasteiger partial charge in [0, 0.05) is 35.5 Å². The molecule has 2 aromatic heterocycles. The average molecular weight is 470 g/mol. The first-order valence-corrected chi connectivity index (χ1v) is 11.2. The van der Waals surface area contributed by atoms with E-state index in [4.69, 9.17) is 37.3 Å². The van der Waals surface area contributed by atoms with E-state index < -0.39 is 18.1 Å². The maximum atomic E-state index is 11.5. The Morgan fingerprint density at radius 3 is 2.58 bits per heavy atom. The Labute approximate surface area is 195 Å². The fourth-order valence-corrected chi connectivity index (χ4v) is 5.38. The minimum atomic E-state index is -0.892. The lowest BCUT2D eigenvalue weighted by atomic mass is 9.56. The standard InChI is InChI=1S/C23H24ClN5O4/c24-15-2-3-16-13(9-15)1-4-19(27-16)29-7-5-23(6-8-29)11-14(12-23)20(32-22(26)31)18-10-17(21(25)30)28-33-18/h1-4,9-10,14,20H,5-8,11-12H2,(H2,25,30)(H2,26,31). The van der Waals surface area contributed by atoms with Gasteiger partial charge in [-0.25, -0.2) is 9.78 Å². The number of hydrogen-bond acceptors (Lipinski definition) is 7. The highest BCUT2D eigenvalue weighted by Gasteiger charge is 2.50. The van der Waals surface area contributed by atoms with E-state index in [2.05, 4.69) is 16.1 Å². The molecule has 3 aromatic rings. The van der Waals surface area contributed by atoms with Gasteiger partial charge in [-0.3, -0.25) is 4.79 Å². The van der Waals surface area contributed by atoms with Crippen LogP contribution in [0, 0.1) is 11.3 Å². The van der Waals surface area contributed by atoms with E-state index in [9.17, 15) is 9.59 Å². The molecule has 3 heterocycles. The number of halogens is 1. The Morgan fingerprint density at radius 1 is 1.15 bits per heavy atom. The highest BCUT2D eigenvalue weighted by Crippen LogP contribution is 2.57. The zero-order valence-electron chi connectivity index (χ0n) is 17.9. The van der Waals surface area contributed by atoms with E-state index in [1.54, 1.807) is 0 Å². The van der Waals surface area contributed by atoms with Crippen LogP contribution in [0.3, 0.4) is 0 Å². The summed E-state index contributed by atoms with van der Waals surface area (Å²) >= 11 is 6.07. The van der Waals surface area contributed by atoms with Crippen molar-refractivity contribution in [3.05, 3.63) is 52.9 Å². The lowest BCUT2D eigenvalue weighted by Crippen LogP contribution is -2.49. The van der Waals surface area contributed by atoms with Crippen LogP contribution in [-0.2, 0) is 4.74 Å². The number of anilines is 1. The number of piperidine rings is 1. The van der Waals surface area contributed by atoms with Crippen LogP contribution in [-0.4, -0.2) is 35.2 Å². The van der Waals surface area contributed by atoms with Crippen molar-refractivity contribution in [3.63, 3.8) is 0 Å². The Bertz CT molecular complexity index is 1210. The molecule has 4 N–H and O–H groups in total. The van der Waals surface area contributed by atoms with Gasteiger partial charge in [-0.15, -0.1) is 0 Å². The van der Waals surface area contributed by atoms with Gasteiger partial charge in [-0.05, 0) is 61.4 Å². The molecule has 172 valence electrons. The molecule has 33 heavy (non-hydrogen) atoms. The topological polar surface area (TPSA) is 138 Å². The van der Waals surface area contributed by atoms with Gasteiger partial charge in [-0.1, -0.05) is 16.8 Å². The third-order valence-corrected chi connectivity index (χ3v) is 7.14. The molecule has 0 radical (unpaired) electrons. The molecule has 2 fully saturated rings. The summed E-state index contributed by atoms with van der Waals surface area (Å²) in [5, 5.41) is 5.38. The van der Waals surface area contributed by atoms with Gasteiger partial charge in [0.1, 0.15) is 5.82 Å². The summed E-state index contributed by atoms with van der Waals surface area (Å²) in [6, 6.07) is 11.2. The fourth-order valence-electron chi connectivity index (χ4n) is 5.20. The maximum Gasteiger partial charge on any atom is 0.405 e. The number of carbonyl (C=O) groups is 2. The lowest BCUT2D eigenvalue weighted by molar-refractivity contribution is -0.0611. The molecule has 1 saturated carbocycles. The third kappa shape index (κ3) is 4.20. The molecule has 1 atom stereocenters. The van der Waals surface area contributed by atoms with Crippen LogP contribution in [0.15, 0.2) is 40.9 Å². The molecule has 1 aliphatic heterocycles. The first kappa shape index (κ1) is 21.5. The summed E-state index contributed by atoms with van der Waals surface area (Å²) < 4.78 is 10.6. The largest absolute Gasteiger partial charge is 0.438 e. The number of amides is 2. The van der Waals surface area contributed by atoms with Crippen LogP contribution < -0.4 is 16.4 Å². The second-order valence-electron chi connectivity index (χ2n) is 9.00. The smallest absolute Gasteiger partial charge is 0.405 e. The van der Waals surface area contributed by atoms with Gasteiger partial charge in [0.15, 0.2) is 17.6 Å². The Morgan fingerprint density at radius 2 is 1.91 bits per heavy atom. The van der Waals surface area contributed by atoms with Gasteiger partial charge in [0.2, 0.25) is 0 Å². The van der Waals surface area contributed by atoms with Crippen LogP contribution in [0.5, 0.6) is 0 Å². The number of fused-ring (bicyclic) bond motifs is 1. The number of aromatic nitrogens is 2. The first-order chi connectivity index (χ1) is 15.8. The normalized spacial score (nSPS) is 18.8. The van der Waals surface area contributed by atoms with Gasteiger partial charge >= 0.3 is 6.09 Å². The Hall–Kier alpha value is -3.33. The molecule has 1 aliphatic carbocycles. The number of rotatable bonds is 5.